The summed E-state index contributed by atoms with van der Waals surface area (Å²) < 4.78 is 0. The van der Waals surface area contributed by atoms with E-state index in [9.17, 15) is 34.8 Å². The maximum Gasteiger partial charge on any atom is 0.305 e. The molecule has 0 aliphatic rings. The highest BCUT2D eigenvalue weighted by atomic mass is 16.4. The second-order valence-corrected chi connectivity index (χ2v) is 7.33. The molecule has 12 nitrogen and oxygen atoms in total. The number of aliphatic carboxylic acids is 1. The highest BCUT2D eigenvalue weighted by Crippen LogP contribution is 2.17. The summed E-state index contributed by atoms with van der Waals surface area (Å²) in [6.07, 6.45) is -5.97. The Morgan fingerprint density at radius 1 is 0.969 bits per heavy atom. The predicted molar refractivity (Wildman–Crippen MR) is 113 cm³/mol. The largest absolute Gasteiger partial charge is 0.481 e. The molecule has 1 rings (SSSR count). The van der Waals surface area contributed by atoms with Crippen LogP contribution in [0, 0.1) is 0 Å². The van der Waals surface area contributed by atoms with Gasteiger partial charge in [0.2, 0.25) is 5.91 Å². The van der Waals surface area contributed by atoms with Gasteiger partial charge in [-0.1, -0.05) is 30.3 Å². The van der Waals surface area contributed by atoms with E-state index >= 15 is 0 Å². The number of nitrogens with one attached hydrogen (secondary N) is 2. The number of carboxylic acids is 1. The minimum atomic E-state index is -2.18. The van der Waals surface area contributed by atoms with Crippen LogP contribution in [0.5, 0.6) is 0 Å². The molecule has 6 atom stereocenters. The van der Waals surface area contributed by atoms with Crippen molar-refractivity contribution in [3.05, 3.63) is 35.9 Å². The zero-order valence-corrected chi connectivity index (χ0v) is 17.5. The highest BCUT2D eigenvalue weighted by molar-refractivity contribution is 5.83. The molecule has 0 bridgehead atoms. The van der Waals surface area contributed by atoms with Crippen LogP contribution in [-0.2, 0) is 14.4 Å². The molecule has 1 aromatic carbocycles. The molecular formula is C20H32N4O8. The van der Waals surface area contributed by atoms with Gasteiger partial charge in [-0.05, 0) is 24.9 Å². The first-order valence-electron chi connectivity index (χ1n) is 10.1. The smallest absolute Gasteiger partial charge is 0.305 e. The Morgan fingerprint density at radius 3 is 2.12 bits per heavy atom. The van der Waals surface area contributed by atoms with Gasteiger partial charge in [-0.3, -0.25) is 14.4 Å². The molecule has 6 unspecified atom stereocenters. The fraction of sp³-hybridized carbons (Fsp3) is 0.550. The Morgan fingerprint density at radius 2 is 1.59 bits per heavy atom. The highest BCUT2D eigenvalue weighted by Gasteiger charge is 2.37. The van der Waals surface area contributed by atoms with Crippen molar-refractivity contribution in [2.75, 3.05) is 13.2 Å². The number of carbonyl (C=O) groups excluding carboxylic acids is 2. The first kappa shape index (κ1) is 27.4. The topological polar surface area (TPSA) is 228 Å². The molecule has 0 radical (unpaired) electrons. The molecule has 12 heteroatoms. The third-order valence-electron chi connectivity index (χ3n) is 4.83. The summed E-state index contributed by atoms with van der Waals surface area (Å²) in [4.78, 5) is 35.6. The van der Waals surface area contributed by atoms with Crippen molar-refractivity contribution in [3.8, 4) is 0 Å². The van der Waals surface area contributed by atoms with Crippen LogP contribution in [0.25, 0.3) is 0 Å². The van der Waals surface area contributed by atoms with Gasteiger partial charge < -0.3 is 47.6 Å². The molecule has 1 aromatic rings. The van der Waals surface area contributed by atoms with Gasteiger partial charge in [0.25, 0.3) is 5.91 Å². The van der Waals surface area contributed by atoms with E-state index < -0.39 is 67.2 Å². The quantitative estimate of drug-likeness (QED) is 0.137. The number of amides is 2. The molecule has 2 amide bonds. The van der Waals surface area contributed by atoms with Crippen molar-refractivity contribution in [2.24, 2.45) is 11.5 Å². The van der Waals surface area contributed by atoms with Gasteiger partial charge in [0.15, 0.2) is 6.10 Å². The molecule has 0 fully saturated rings. The third-order valence-corrected chi connectivity index (χ3v) is 4.83. The van der Waals surface area contributed by atoms with E-state index in [0.717, 1.165) is 0 Å². The van der Waals surface area contributed by atoms with Gasteiger partial charge in [0.05, 0.1) is 31.2 Å². The van der Waals surface area contributed by atoms with Crippen LogP contribution in [0.15, 0.2) is 30.3 Å². The summed E-state index contributed by atoms with van der Waals surface area (Å²) in [5.41, 5.74) is 11.5. The zero-order chi connectivity index (χ0) is 24.3. The van der Waals surface area contributed by atoms with E-state index in [-0.39, 0.29) is 6.42 Å². The Labute approximate surface area is 185 Å². The molecule has 0 aliphatic heterocycles. The Balaban J connectivity index is 2.81. The lowest BCUT2D eigenvalue weighted by molar-refractivity contribution is -0.145. The van der Waals surface area contributed by atoms with Crippen molar-refractivity contribution in [2.45, 2.75) is 55.7 Å². The molecule has 0 saturated heterocycles. The number of benzene rings is 1. The predicted octanol–water partition coefficient (Wildman–Crippen LogP) is -3.06. The first-order valence-corrected chi connectivity index (χ1v) is 10.1. The molecule has 11 N–H and O–H groups in total. The summed E-state index contributed by atoms with van der Waals surface area (Å²) >= 11 is 0. The lowest BCUT2D eigenvalue weighted by Gasteiger charge is -2.30. The van der Waals surface area contributed by atoms with Crippen molar-refractivity contribution >= 4 is 17.8 Å². The minimum Gasteiger partial charge on any atom is -0.481 e. The van der Waals surface area contributed by atoms with Crippen LogP contribution in [0.1, 0.15) is 30.9 Å². The maximum absolute atomic E-state index is 12.4. The van der Waals surface area contributed by atoms with E-state index in [2.05, 4.69) is 10.6 Å². The number of aliphatic hydroxyl groups is 4. The summed E-state index contributed by atoms with van der Waals surface area (Å²) in [6.45, 7) is -0.494. The van der Waals surface area contributed by atoms with E-state index in [0.29, 0.717) is 18.5 Å². The fourth-order valence-corrected chi connectivity index (χ4v) is 2.95. The Bertz CT molecular complexity index is 736. The maximum atomic E-state index is 12.4. The fourth-order valence-electron chi connectivity index (χ4n) is 2.95. The second-order valence-electron chi connectivity index (χ2n) is 7.33. The number of carbonyl (C=O) groups is 3. The van der Waals surface area contributed by atoms with Gasteiger partial charge in [-0.2, -0.15) is 0 Å². The van der Waals surface area contributed by atoms with Gasteiger partial charge in [-0.25, -0.2) is 0 Å². The SMILES string of the molecule is NCCCC(N)C(=O)NC(CO)C(O)C(O)C(O)C(=O)NC(CC(=O)O)c1ccccc1. The minimum absolute atomic E-state index is 0.259. The van der Waals surface area contributed by atoms with Crippen LogP contribution in [0.2, 0.25) is 0 Å². The van der Waals surface area contributed by atoms with Crippen LogP contribution < -0.4 is 22.1 Å². The molecular weight excluding hydrogens is 424 g/mol. The molecule has 0 spiro atoms. The molecule has 0 heterocycles. The van der Waals surface area contributed by atoms with E-state index in [1.54, 1.807) is 30.3 Å². The molecule has 180 valence electrons. The van der Waals surface area contributed by atoms with E-state index in [1.165, 1.54) is 0 Å². The van der Waals surface area contributed by atoms with Crippen LogP contribution >= 0.6 is 0 Å². The van der Waals surface area contributed by atoms with Crippen molar-refractivity contribution in [1.82, 2.24) is 10.6 Å². The Kier molecular flexibility index (Phi) is 11.8. The summed E-state index contributed by atoms with van der Waals surface area (Å²) in [5.74, 6) is -3.06. The van der Waals surface area contributed by atoms with Gasteiger partial charge in [0, 0.05) is 0 Å². The first-order chi connectivity index (χ1) is 15.1. The van der Waals surface area contributed by atoms with Crippen LogP contribution in [0.4, 0.5) is 0 Å². The number of rotatable bonds is 14. The molecule has 0 saturated carbocycles. The normalized spacial score (nSPS) is 16.8. The number of aliphatic hydroxyl groups excluding tert-OH is 4. The van der Waals surface area contributed by atoms with Crippen molar-refractivity contribution < 1.29 is 39.9 Å². The van der Waals surface area contributed by atoms with Gasteiger partial charge >= 0.3 is 5.97 Å². The molecule has 32 heavy (non-hydrogen) atoms. The Hall–Kier alpha value is -2.61. The zero-order valence-electron chi connectivity index (χ0n) is 17.5. The third kappa shape index (κ3) is 8.49. The molecule has 0 aliphatic carbocycles. The average molecular weight is 456 g/mol. The summed E-state index contributed by atoms with van der Waals surface area (Å²) in [7, 11) is 0. The standard InChI is InChI=1S/C20H32N4O8/c21-8-4-7-12(22)19(31)24-14(10-25)16(28)17(29)18(30)20(32)23-13(9-15(26)27)11-5-2-1-3-6-11/h1-3,5-6,12-14,16-18,25,28-30H,4,7-10,21-22H2,(H,23,32)(H,24,31)(H,26,27). The molecule has 0 aromatic heterocycles. The lowest BCUT2D eigenvalue weighted by Crippen LogP contribution is -2.58. The van der Waals surface area contributed by atoms with Crippen molar-refractivity contribution in [3.63, 3.8) is 0 Å². The van der Waals surface area contributed by atoms with Gasteiger partial charge in [-0.15, -0.1) is 0 Å². The van der Waals surface area contributed by atoms with E-state index in [1.807, 2.05) is 0 Å². The lowest BCUT2D eigenvalue weighted by atomic mass is 9.98. The average Bonchev–Trinajstić information content (AvgIpc) is 2.78. The number of nitrogens with two attached hydrogens (primary N) is 2. The van der Waals surface area contributed by atoms with Crippen LogP contribution in [0.3, 0.4) is 0 Å². The van der Waals surface area contributed by atoms with Crippen LogP contribution in [-0.4, -0.2) is 86.9 Å². The summed E-state index contributed by atoms with van der Waals surface area (Å²) in [6, 6.07) is 4.74. The van der Waals surface area contributed by atoms with Crippen molar-refractivity contribution in [1.29, 1.82) is 0 Å². The number of carboxylic acid groups (broad SMARTS) is 1. The monoisotopic (exact) mass is 456 g/mol. The number of hydrogen-bond donors (Lipinski definition) is 9. The summed E-state index contributed by atoms with van der Waals surface area (Å²) in [5, 5.41) is 53.8. The number of hydrogen-bond acceptors (Lipinski definition) is 9. The van der Waals surface area contributed by atoms with E-state index in [4.69, 9.17) is 16.6 Å². The second kappa shape index (κ2) is 13.7. The van der Waals surface area contributed by atoms with Gasteiger partial charge in [0.1, 0.15) is 12.2 Å².